The van der Waals surface area contributed by atoms with Crippen molar-refractivity contribution in [3.05, 3.63) is 44.4 Å². The van der Waals surface area contributed by atoms with Crippen LogP contribution in [0.1, 0.15) is 40.1 Å². The summed E-state index contributed by atoms with van der Waals surface area (Å²) in [6, 6.07) is 3.30. The highest BCUT2D eigenvalue weighted by Crippen LogP contribution is 2.36. The average Bonchev–Trinajstić information content (AvgIpc) is 3.23. The van der Waals surface area contributed by atoms with Crippen LogP contribution in [0.4, 0.5) is 0 Å². The van der Waals surface area contributed by atoms with E-state index in [2.05, 4.69) is 21.6 Å². The minimum atomic E-state index is -0.507. The number of rotatable bonds is 4. The molecule has 0 saturated heterocycles. The van der Waals surface area contributed by atoms with Crippen LogP contribution in [0.15, 0.2) is 26.5 Å². The normalized spacial score (nSPS) is 16.6. The SMILES string of the molecule is COC(=O)c1ccc(CSc2nc3sc4c(c3c(=O)[nH]2)CC[C@H](C)C4)o1. The molecule has 1 aliphatic rings. The van der Waals surface area contributed by atoms with Crippen LogP contribution in [0.5, 0.6) is 0 Å². The van der Waals surface area contributed by atoms with Crippen molar-refractivity contribution >= 4 is 39.3 Å². The van der Waals surface area contributed by atoms with Gasteiger partial charge in [0.25, 0.3) is 5.56 Å². The molecule has 0 bridgehead atoms. The molecule has 0 radical (unpaired) electrons. The monoisotopic (exact) mass is 390 g/mol. The van der Waals surface area contributed by atoms with E-state index in [0.29, 0.717) is 22.6 Å². The number of nitrogens with zero attached hydrogens (tertiary/aromatic N) is 1. The van der Waals surface area contributed by atoms with Crippen LogP contribution in [-0.4, -0.2) is 23.0 Å². The van der Waals surface area contributed by atoms with Gasteiger partial charge in [-0.15, -0.1) is 11.3 Å². The van der Waals surface area contributed by atoms with Crippen molar-refractivity contribution in [3.8, 4) is 0 Å². The molecule has 0 aliphatic heterocycles. The van der Waals surface area contributed by atoms with Gasteiger partial charge in [-0.05, 0) is 42.9 Å². The molecule has 1 aliphatic carbocycles. The summed E-state index contributed by atoms with van der Waals surface area (Å²) in [6.07, 6.45) is 3.10. The van der Waals surface area contributed by atoms with Gasteiger partial charge in [0.05, 0.1) is 18.2 Å². The van der Waals surface area contributed by atoms with E-state index in [9.17, 15) is 9.59 Å². The third-order valence-electron chi connectivity index (χ3n) is 4.54. The fourth-order valence-corrected chi connectivity index (χ4v) is 5.40. The van der Waals surface area contributed by atoms with Crippen LogP contribution in [-0.2, 0) is 23.3 Å². The summed E-state index contributed by atoms with van der Waals surface area (Å²) in [7, 11) is 1.31. The third kappa shape index (κ3) is 3.19. The van der Waals surface area contributed by atoms with E-state index in [0.717, 1.165) is 29.5 Å². The van der Waals surface area contributed by atoms with E-state index in [4.69, 9.17) is 4.42 Å². The molecule has 0 unspecified atom stereocenters. The molecule has 4 rings (SSSR count). The van der Waals surface area contributed by atoms with Crippen LogP contribution in [0.25, 0.3) is 10.2 Å². The summed E-state index contributed by atoms with van der Waals surface area (Å²) < 4.78 is 10.1. The molecule has 6 nitrogen and oxygen atoms in total. The second-order valence-corrected chi connectivity index (χ2v) is 8.50. The molecule has 1 atom stereocenters. The Morgan fingerprint density at radius 1 is 1.50 bits per heavy atom. The fraction of sp³-hybridized carbons (Fsp3) is 0.389. The minimum absolute atomic E-state index is 0.0701. The van der Waals surface area contributed by atoms with Crippen LogP contribution in [0.3, 0.4) is 0 Å². The zero-order valence-corrected chi connectivity index (χ0v) is 16.1. The maximum Gasteiger partial charge on any atom is 0.373 e. The Kier molecular flexibility index (Phi) is 4.62. The number of nitrogens with one attached hydrogen (secondary N) is 1. The minimum Gasteiger partial charge on any atom is -0.463 e. The number of fused-ring (bicyclic) bond motifs is 3. The molecule has 3 heterocycles. The maximum atomic E-state index is 12.6. The molecule has 3 aromatic rings. The van der Waals surface area contributed by atoms with Gasteiger partial charge in [-0.3, -0.25) is 4.79 Å². The lowest BCUT2D eigenvalue weighted by Gasteiger charge is -2.17. The van der Waals surface area contributed by atoms with Crippen LogP contribution < -0.4 is 5.56 Å². The number of carbonyl (C=O) groups excluding carboxylic acids is 1. The van der Waals surface area contributed by atoms with Crippen molar-refractivity contribution in [3.63, 3.8) is 0 Å². The number of carbonyl (C=O) groups is 1. The van der Waals surface area contributed by atoms with E-state index < -0.39 is 5.97 Å². The number of methoxy groups -OCH3 is 1. The highest BCUT2D eigenvalue weighted by molar-refractivity contribution is 7.98. The van der Waals surface area contributed by atoms with E-state index in [1.165, 1.54) is 29.3 Å². The molecular weight excluding hydrogens is 372 g/mol. The molecule has 26 heavy (non-hydrogen) atoms. The number of aromatic nitrogens is 2. The Balaban J connectivity index is 1.57. The molecule has 0 spiro atoms. The Morgan fingerprint density at radius 2 is 2.35 bits per heavy atom. The van der Waals surface area contributed by atoms with Gasteiger partial charge in [0.2, 0.25) is 5.76 Å². The topological polar surface area (TPSA) is 85.2 Å². The smallest absolute Gasteiger partial charge is 0.373 e. The molecule has 0 saturated carbocycles. The van der Waals surface area contributed by atoms with Gasteiger partial charge in [-0.1, -0.05) is 18.7 Å². The van der Waals surface area contributed by atoms with Crippen LogP contribution in [0, 0.1) is 5.92 Å². The van der Waals surface area contributed by atoms with Crippen molar-refractivity contribution in [1.29, 1.82) is 0 Å². The number of aryl methyl sites for hydroxylation is 1. The third-order valence-corrected chi connectivity index (χ3v) is 6.59. The van der Waals surface area contributed by atoms with Crippen molar-refractivity contribution in [2.75, 3.05) is 7.11 Å². The molecule has 136 valence electrons. The zero-order chi connectivity index (χ0) is 18.3. The lowest BCUT2D eigenvalue weighted by atomic mass is 9.89. The van der Waals surface area contributed by atoms with Gasteiger partial charge in [-0.2, -0.15) is 0 Å². The van der Waals surface area contributed by atoms with Crippen molar-refractivity contribution in [1.82, 2.24) is 9.97 Å². The largest absolute Gasteiger partial charge is 0.463 e. The predicted molar refractivity (Wildman–Crippen MR) is 101 cm³/mol. The number of H-pyrrole nitrogens is 1. The van der Waals surface area contributed by atoms with Crippen molar-refractivity contribution in [2.45, 2.75) is 37.1 Å². The molecule has 8 heteroatoms. The number of furan rings is 1. The summed E-state index contributed by atoms with van der Waals surface area (Å²) in [6.45, 7) is 2.25. The van der Waals surface area contributed by atoms with E-state index in [-0.39, 0.29) is 11.3 Å². The first-order chi connectivity index (χ1) is 12.5. The predicted octanol–water partition coefficient (Wildman–Crippen LogP) is 3.78. The van der Waals surface area contributed by atoms with Crippen LogP contribution >= 0.6 is 23.1 Å². The second-order valence-electron chi connectivity index (χ2n) is 6.45. The highest BCUT2D eigenvalue weighted by Gasteiger charge is 2.23. The molecule has 0 fully saturated rings. The molecule has 0 aromatic carbocycles. The summed E-state index contributed by atoms with van der Waals surface area (Å²) >= 11 is 3.01. The number of ether oxygens (including phenoxy) is 1. The van der Waals surface area contributed by atoms with Crippen molar-refractivity contribution < 1.29 is 13.9 Å². The number of esters is 1. The van der Waals surface area contributed by atoms with Gasteiger partial charge < -0.3 is 14.1 Å². The molecule has 0 amide bonds. The summed E-state index contributed by atoms with van der Waals surface area (Å²) in [5.74, 6) is 1.41. The van der Waals surface area contributed by atoms with Gasteiger partial charge in [-0.25, -0.2) is 9.78 Å². The number of hydrogen-bond acceptors (Lipinski definition) is 7. The Labute approximate surface area is 158 Å². The number of aromatic amines is 1. The molecule has 3 aromatic heterocycles. The summed E-state index contributed by atoms with van der Waals surface area (Å²) in [5.41, 5.74) is 1.11. The molecule has 1 N–H and O–H groups in total. The van der Waals surface area contributed by atoms with E-state index in [1.54, 1.807) is 23.5 Å². The first-order valence-electron chi connectivity index (χ1n) is 8.39. The maximum absolute atomic E-state index is 12.6. The van der Waals surface area contributed by atoms with Gasteiger partial charge in [0, 0.05) is 4.88 Å². The quantitative estimate of drug-likeness (QED) is 0.414. The van der Waals surface area contributed by atoms with Crippen molar-refractivity contribution in [2.24, 2.45) is 5.92 Å². The average molecular weight is 390 g/mol. The van der Waals surface area contributed by atoms with Gasteiger partial charge in [0.1, 0.15) is 10.6 Å². The standard InChI is InChI=1S/C18H18N2O4S2/c1-9-3-5-11-13(7-9)26-16-14(11)15(21)19-18(20-16)25-8-10-4-6-12(24-10)17(22)23-2/h4,6,9H,3,5,7-8H2,1-2H3,(H,19,20,21)/t9-/m0/s1. The van der Waals surface area contributed by atoms with E-state index in [1.807, 2.05) is 0 Å². The molecular formula is C18H18N2O4S2. The lowest BCUT2D eigenvalue weighted by molar-refractivity contribution is 0.0563. The summed E-state index contributed by atoms with van der Waals surface area (Å²) in [4.78, 5) is 33.6. The van der Waals surface area contributed by atoms with Gasteiger partial charge >= 0.3 is 5.97 Å². The van der Waals surface area contributed by atoms with Gasteiger partial charge in [0.15, 0.2) is 5.16 Å². The zero-order valence-electron chi connectivity index (χ0n) is 14.5. The highest BCUT2D eigenvalue weighted by atomic mass is 32.2. The first kappa shape index (κ1) is 17.4. The fourth-order valence-electron chi connectivity index (χ4n) is 3.20. The Hall–Kier alpha value is -2.06. The lowest BCUT2D eigenvalue weighted by Crippen LogP contribution is -2.13. The van der Waals surface area contributed by atoms with Crippen LogP contribution in [0.2, 0.25) is 0 Å². The number of thiophene rings is 1. The Morgan fingerprint density at radius 3 is 3.15 bits per heavy atom. The van der Waals surface area contributed by atoms with E-state index >= 15 is 0 Å². The summed E-state index contributed by atoms with van der Waals surface area (Å²) in [5, 5.41) is 1.32. The number of hydrogen-bond donors (Lipinski definition) is 1. The number of thioether (sulfide) groups is 1. The second kappa shape index (κ2) is 6.92. The Bertz CT molecular complexity index is 1030. The first-order valence-corrected chi connectivity index (χ1v) is 10.2.